The van der Waals surface area contributed by atoms with Gasteiger partial charge < -0.3 is 4.74 Å². The third-order valence-corrected chi connectivity index (χ3v) is 4.42. The van der Waals surface area contributed by atoms with E-state index in [1.807, 2.05) is 0 Å². The Labute approximate surface area is 150 Å². The minimum absolute atomic E-state index is 0.116. The number of hydrogen-bond acceptors (Lipinski definition) is 4. The number of unbranched alkanes of at least 4 members (excludes halogenated alkanes) is 10. The zero-order valence-electron chi connectivity index (χ0n) is 15.8. The SMILES string of the molecule is CCCCCC/C=C\CCCCCCCCOCCOS(C)(=O)=O. The maximum absolute atomic E-state index is 10.7. The van der Waals surface area contributed by atoms with Gasteiger partial charge in [0, 0.05) is 6.61 Å². The molecule has 0 rings (SSSR count). The molecule has 0 heterocycles. The molecule has 0 atom stereocenters. The molecule has 24 heavy (non-hydrogen) atoms. The van der Waals surface area contributed by atoms with Crippen molar-refractivity contribution in [3.05, 3.63) is 12.2 Å². The second-order valence-corrected chi connectivity index (χ2v) is 8.01. The Morgan fingerprint density at radius 1 is 0.708 bits per heavy atom. The van der Waals surface area contributed by atoms with E-state index in [-0.39, 0.29) is 6.61 Å². The molecule has 0 bridgehead atoms. The highest BCUT2D eigenvalue weighted by atomic mass is 32.2. The van der Waals surface area contributed by atoms with Gasteiger partial charge in [0.1, 0.15) is 0 Å². The van der Waals surface area contributed by atoms with E-state index in [2.05, 4.69) is 23.3 Å². The van der Waals surface area contributed by atoms with Gasteiger partial charge in [-0.3, -0.25) is 4.18 Å². The Hall–Kier alpha value is -0.390. The lowest BCUT2D eigenvalue weighted by Gasteiger charge is -2.04. The number of allylic oxidation sites excluding steroid dienone is 2. The van der Waals surface area contributed by atoms with Gasteiger partial charge in [-0.2, -0.15) is 8.42 Å². The maximum atomic E-state index is 10.7. The van der Waals surface area contributed by atoms with Crippen molar-refractivity contribution in [2.24, 2.45) is 0 Å². The number of ether oxygens (including phenoxy) is 1. The minimum Gasteiger partial charge on any atom is -0.379 e. The lowest BCUT2D eigenvalue weighted by Crippen LogP contribution is -2.10. The molecule has 0 spiro atoms. The molecule has 0 aliphatic carbocycles. The van der Waals surface area contributed by atoms with Crippen LogP contribution in [0.5, 0.6) is 0 Å². The van der Waals surface area contributed by atoms with Gasteiger partial charge in [-0.05, 0) is 32.1 Å². The van der Waals surface area contributed by atoms with Crippen molar-refractivity contribution in [3.63, 3.8) is 0 Å². The van der Waals surface area contributed by atoms with Crippen molar-refractivity contribution in [1.29, 1.82) is 0 Å². The van der Waals surface area contributed by atoms with Crippen LogP contribution in [-0.4, -0.2) is 34.5 Å². The van der Waals surface area contributed by atoms with Crippen LogP contribution in [0.2, 0.25) is 0 Å². The third kappa shape index (κ3) is 21.6. The second kappa shape index (κ2) is 17.4. The van der Waals surface area contributed by atoms with Crippen LogP contribution < -0.4 is 0 Å². The minimum atomic E-state index is -3.33. The molecule has 0 fully saturated rings. The third-order valence-electron chi connectivity index (χ3n) is 3.83. The van der Waals surface area contributed by atoms with Crippen LogP contribution in [0.25, 0.3) is 0 Å². The molecule has 0 radical (unpaired) electrons. The zero-order chi connectivity index (χ0) is 17.9. The molecule has 5 heteroatoms. The molecular weight excluding hydrogens is 324 g/mol. The molecule has 0 N–H and O–H groups in total. The first kappa shape index (κ1) is 23.6. The highest BCUT2D eigenvalue weighted by Gasteiger charge is 2.00. The van der Waals surface area contributed by atoms with E-state index in [1.54, 1.807) is 0 Å². The smallest absolute Gasteiger partial charge is 0.264 e. The summed E-state index contributed by atoms with van der Waals surface area (Å²) in [5.74, 6) is 0. The van der Waals surface area contributed by atoms with Gasteiger partial charge >= 0.3 is 0 Å². The van der Waals surface area contributed by atoms with Gasteiger partial charge in [0.05, 0.1) is 19.5 Å². The summed E-state index contributed by atoms with van der Waals surface area (Å²) in [5.41, 5.74) is 0. The Morgan fingerprint density at radius 2 is 1.25 bits per heavy atom. The first-order valence-corrected chi connectivity index (χ1v) is 11.4. The molecule has 0 saturated carbocycles. The van der Waals surface area contributed by atoms with Crippen molar-refractivity contribution in [2.45, 2.75) is 84.0 Å². The Morgan fingerprint density at radius 3 is 1.83 bits per heavy atom. The molecule has 4 nitrogen and oxygen atoms in total. The summed E-state index contributed by atoms with van der Waals surface area (Å²) in [6.07, 6.45) is 21.0. The van der Waals surface area contributed by atoms with Crippen molar-refractivity contribution in [3.8, 4) is 0 Å². The summed E-state index contributed by atoms with van der Waals surface area (Å²) in [4.78, 5) is 0. The molecular formula is C19H38O4S. The summed E-state index contributed by atoms with van der Waals surface area (Å²) in [7, 11) is -3.33. The first-order valence-electron chi connectivity index (χ1n) is 9.63. The van der Waals surface area contributed by atoms with Gasteiger partial charge in [0.25, 0.3) is 10.1 Å². The first-order chi connectivity index (χ1) is 11.6. The largest absolute Gasteiger partial charge is 0.379 e. The van der Waals surface area contributed by atoms with Crippen LogP contribution >= 0.6 is 0 Å². The summed E-state index contributed by atoms with van der Waals surface area (Å²) in [6.45, 7) is 3.40. The van der Waals surface area contributed by atoms with Gasteiger partial charge in [-0.25, -0.2) is 0 Å². The lowest BCUT2D eigenvalue weighted by atomic mass is 10.1. The molecule has 0 saturated heterocycles. The lowest BCUT2D eigenvalue weighted by molar-refractivity contribution is 0.0993. The van der Waals surface area contributed by atoms with Crippen molar-refractivity contribution in [1.82, 2.24) is 0 Å². The normalized spacial score (nSPS) is 12.2. The summed E-state index contributed by atoms with van der Waals surface area (Å²) in [5, 5.41) is 0. The number of hydrogen-bond donors (Lipinski definition) is 0. The quantitative estimate of drug-likeness (QED) is 0.190. The predicted molar refractivity (Wildman–Crippen MR) is 102 cm³/mol. The van der Waals surface area contributed by atoms with Crippen molar-refractivity contribution >= 4 is 10.1 Å². The van der Waals surface area contributed by atoms with E-state index in [1.165, 1.54) is 70.6 Å². The highest BCUT2D eigenvalue weighted by Crippen LogP contribution is 2.09. The van der Waals surface area contributed by atoms with E-state index in [9.17, 15) is 8.42 Å². The highest BCUT2D eigenvalue weighted by molar-refractivity contribution is 7.85. The van der Waals surface area contributed by atoms with Crippen molar-refractivity contribution < 1.29 is 17.3 Å². The monoisotopic (exact) mass is 362 g/mol. The van der Waals surface area contributed by atoms with E-state index >= 15 is 0 Å². The van der Waals surface area contributed by atoms with Crippen LogP contribution in [0, 0.1) is 0 Å². The fourth-order valence-corrected chi connectivity index (χ4v) is 2.82. The van der Waals surface area contributed by atoms with Crippen LogP contribution in [0.1, 0.15) is 84.0 Å². The van der Waals surface area contributed by atoms with Crippen LogP contribution in [0.15, 0.2) is 12.2 Å². The van der Waals surface area contributed by atoms with Gasteiger partial charge in [-0.15, -0.1) is 0 Å². The molecule has 0 unspecified atom stereocenters. The predicted octanol–water partition coefficient (Wildman–Crippen LogP) is 5.24. The van der Waals surface area contributed by atoms with Gasteiger partial charge in [0.2, 0.25) is 0 Å². The van der Waals surface area contributed by atoms with Crippen LogP contribution in [-0.2, 0) is 19.0 Å². The molecule has 0 aliphatic heterocycles. The van der Waals surface area contributed by atoms with Crippen LogP contribution in [0.4, 0.5) is 0 Å². The van der Waals surface area contributed by atoms with Crippen molar-refractivity contribution in [2.75, 3.05) is 26.1 Å². The maximum Gasteiger partial charge on any atom is 0.264 e. The standard InChI is InChI=1S/C19H38O4S/c1-3-4-5-6-7-8-9-10-11-12-13-14-15-16-17-22-18-19-23-24(2,20)21/h8-9H,3-7,10-19H2,1-2H3/b9-8-. The summed E-state index contributed by atoms with van der Waals surface area (Å²) < 4.78 is 31.4. The molecule has 0 aromatic heterocycles. The van der Waals surface area contributed by atoms with E-state index < -0.39 is 10.1 Å². The molecule has 0 aromatic rings. The average molecular weight is 363 g/mol. The van der Waals surface area contributed by atoms with Gasteiger partial charge in [0.15, 0.2) is 0 Å². The molecule has 0 aliphatic rings. The van der Waals surface area contributed by atoms with E-state index in [4.69, 9.17) is 4.74 Å². The average Bonchev–Trinajstić information content (AvgIpc) is 2.52. The fraction of sp³-hybridized carbons (Fsp3) is 0.895. The molecule has 144 valence electrons. The fourth-order valence-electron chi connectivity index (χ4n) is 2.44. The van der Waals surface area contributed by atoms with Gasteiger partial charge in [-0.1, -0.05) is 64.0 Å². The summed E-state index contributed by atoms with van der Waals surface area (Å²) >= 11 is 0. The molecule has 0 amide bonds. The Balaban J connectivity index is 3.11. The Kier molecular flexibility index (Phi) is 17.2. The number of rotatable bonds is 18. The van der Waals surface area contributed by atoms with E-state index in [0.717, 1.165) is 12.7 Å². The zero-order valence-corrected chi connectivity index (χ0v) is 16.6. The van der Waals surface area contributed by atoms with Crippen LogP contribution in [0.3, 0.4) is 0 Å². The Bertz CT molecular complexity index is 377. The second-order valence-electron chi connectivity index (χ2n) is 6.37. The summed E-state index contributed by atoms with van der Waals surface area (Å²) in [6, 6.07) is 0. The molecule has 0 aromatic carbocycles. The van der Waals surface area contributed by atoms with E-state index in [0.29, 0.717) is 13.2 Å². The topological polar surface area (TPSA) is 52.6 Å².